The summed E-state index contributed by atoms with van der Waals surface area (Å²) in [6.45, 7) is 4.87. The molecule has 6 heteroatoms. The van der Waals surface area contributed by atoms with Gasteiger partial charge in [0.05, 0.1) is 17.6 Å². The van der Waals surface area contributed by atoms with E-state index in [0.717, 1.165) is 33.7 Å². The van der Waals surface area contributed by atoms with Crippen molar-refractivity contribution >= 4 is 34.2 Å². The van der Waals surface area contributed by atoms with Crippen molar-refractivity contribution < 1.29 is 9.18 Å². The quantitative estimate of drug-likeness (QED) is 0.384. The second-order valence-electron chi connectivity index (χ2n) is 8.44. The molecule has 1 unspecified atom stereocenters. The average Bonchev–Trinajstić information content (AvgIpc) is 3.31. The van der Waals surface area contributed by atoms with Crippen LogP contribution in [0, 0.1) is 19.7 Å². The summed E-state index contributed by atoms with van der Waals surface area (Å²) in [5, 5.41) is 0.383. The topological polar surface area (TPSA) is 38.1 Å². The Labute approximate surface area is 191 Å². The summed E-state index contributed by atoms with van der Waals surface area (Å²) < 4.78 is 16.6. The van der Waals surface area contributed by atoms with Gasteiger partial charge in [0.25, 0.3) is 0 Å². The summed E-state index contributed by atoms with van der Waals surface area (Å²) >= 11 is 6.33. The van der Waals surface area contributed by atoms with Crippen LogP contribution >= 0.6 is 11.6 Å². The molecule has 1 aromatic heterocycles. The fraction of sp³-hybridized carbons (Fsp3) is 0.231. The molecule has 4 aromatic rings. The number of para-hydroxylation sites is 2. The average molecular weight is 448 g/mol. The lowest BCUT2D eigenvalue weighted by Gasteiger charge is -2.20. The number of fused-ring (bicyclic) bond motifs is 1. The van der Waals surface area contributed by atoms with E-state index in [1.807, 2.05) is 59.7 Å². The molecule has 0 N–H and O–H groups in total. The molecule has 0 spiro atoms. The van der Waals surface area contributed by atoms with Crippen LogP contribution in [0.1, 0.15) is 34.9 Å². The van der Waals surface area contributed by atoms with Gasteiger partial charge in [-0.1, -0.05) is 47.5 Å². The molecule has 3 aromatic carbocycles. The largest absolute Gasteiger partial charge is 0.323 e. The van der Waals surface area contributed by atoms with Crippen molar-refractivity contribution in [3.8, 4) is 0 Å². The zero-order chi connectivity index (χ0) is 22.4. The lowest BCUT2D eigenvalue weighted by molar-refractivity contribution is -0.117. The number of aromatic nitrogens is 2. The highest BCUT2D eigenvalue weighted by atomic mass is 35.5. The maximum absolute atomic E-state index is 14.6. The van der Waals surface area contributed by atoms with Crippen LogP contribution in [0.3, 0.4) is 0 Å². The van der Waals surface area contributed by atoms with E-state index in [1.54, 1.807) is 12.1 Å². The molecule has 1 atom stereocenters. The van der Waals surface area contributed by atoms with Crippen LogP contribution < -0.4 is 4.90 Å². The first-order chi connectivity index (χ1) is 15.4. The van der Waals surface area contributed by atoms with Crippen LogP contribution in [0.25, 0.3) is 11.0 Å². The highest BCUT2D eigenvalue weighted by molar-refractivity contribution is 6.31. The van der Waals surface area contributed by atoms with E-state index in [-0.39, 0.29) is 24.2 Å². The zero-order valence-corrected chi connectivity index (χ0v) is 18.7. The summed E-state index contributed by atoms with van der Waals surface area (Å²) in [7, 11) is 0. The Hall–Kier alpha value is -3.18. The van der Waals surface area contributed by atoms with Gasteiger partial charge >= 0.3 is 0 Å². The molecule has 2 heterocycles. The van der Waals surface area contributed by atoms with Crippen LogP contribution in [0.15, 0.2) is 60.7 Å². The Morgan fingerprint density at radius 1 is 1.09 bits per heavy atom. The summed E-state index contributed by atoms with van der Waals surface area (Å²) in [4.78, 5) is 19.7. The van der Waals surface area contributed by atoms with Crippen LogP contribution in [0.5, 0.6) is 0 Å². The van der Waals surface area contributed by atoms with Gasteiger partial charge in [0.2, 0.25) is 5.91 Å². The summed E-state index contributed by atoms with van der Waals surface area (Å²) in [5.74, 6) is 0.414. The Morgan fingerprint density at radius 2 is 1.91 bits per heavy atom. The third-order valence-electron chi connectivity index (χ3n) is 6.20. The van der Waals surface area contributed by atoms with E-state index >= 15 is 0 Å². The smallest absolute Gasteiger partial charge is 0.227 e. The molecule has 0 saturated carbocycles. The van der Waals surface area contributed by atoms with E-state index in [1.165, 1.54) is 6.07 Å². The van der Waals surface area contributed by atoms with Gasteiger partial charge in [-0.15, -0.1) is 0 Å². The van der Waals surface area contributed by atoms with E-state index in [4.69, 9.17) is 16.6 Å². The number of nitrogens with zero attached hydrogens (tertiary/aromatic N) is 3. The predicted molar refractivity (Wildman–Crippen MR) is 126 cm³/mol. The normalized spacial score (nSPS) is 16.3. The first-order valence-electron chi connectivity index (χ1n) is 10.7. The lowest BCUT2D eigenvalue weighted by atomic mass is 10.1. The minimum absolute atomic E-state index is 0.0736. The molecule has 32 heavy (non-hydrogen) atoms. The SMILES string of the molecule is Cc1ccc(N2CC(c3nc4ccccc4n3Cc3c(F)cccc3Cl)CC2=O)c(C)c1. The minimum atomic E-state index is -0.347. The van der Waals surface area contributed by atoms with Gasteiger partial charge in [0, 0.05) is 35.2 Å². The number of carbonyl (C=O) groups is 1. The minimum Gasteiger partial charge on any atom is -0.323 e. The number of aryl methyl sites for hydroxylation is 2. The predicted octanol–water partition coefficient (Wildman–Crippen LogP) is 6.01. The van der Waals surface area contributed by atoms with Gasteiger partial charge in [-0.25, -0.2) is 9.37 Å². The number of hydrogen-bond acceptors (Lipinski definition) is 2. The van der Waals surface area contributed by atoms with Crippen molar-refractivity contribution in [2.45, 2.75) is 32.7 Å². The number of imidazole rings is 1. The summed E-state index contributed by atoms with van der Waals surface area (Å²) in [6.07, 6.45) is 0.363. The standard InChI is InChI=1S/C26H23ClFN3O/c1-16-10-11-23(17(2)12-16)30-14-18(13-25(30)32)26-29-22-8-3-4-9-24(22)31(26)15-19-20(27)6-5-7-21(19)28/h3-12,18H,13-15H2,1-2H3. The lowest BCUT2D eigenvalue weighted by Crippen LogP contribution is -2.25. The number of benzene rings is 3. The highest BCUT2D eigenvalue weighted by Gasteiger charge is 2.35. The second-order valence-corrected chi connectivity index (χ2v) is 8.85. The Morgan fingerprint density at radius 3 is 2.69 bits per heavy atom. The van der Waals surface area contributed by atoms with Gasteiger partial charge in [0.15, 0.2) is 0 Å². The van der Waals surface area contributed by atoms with Crippen molar-refractivity contribution in [1.29, 1.82) is 0 Å². The van der Waals surface area contributed by atoms with Crippen molar-refractivity contribution in [2.24, 2.45) is 0 Å². The Bertz CT molecular complexity index is 1330. The van der Waals surface area contributed by atoms with E-state index in [0.29, 0.717) is 23.6 Å². The monoisotopic (exact) mass is 447 g/mol. The molecule has 0 bridgehead atoms. The first-order valence-corrected chi connectivity index (χ1v) is 11.1. The molecule has 162 valence electrons. The summed E-state index contributed by atoms with van der Waals surface area (Å²) in [5.41, 5.74) is 5.33. The summed E-state index contributed by atoms with van der Waals surface area (Å²) in [6, 6.07) is 18.6. The van der Waals surface area contributed by atoms with Crippen molar-refractivity contribution in [3.63, 3.8) is 0 Å². The van der Waals surface area contributed by atoms with E-state index < -0.39 is 0 Å². The first kappa shape index (κ1) is 20.7. The number of amides is 1. The molecule has 1 fully saturated rings. The van der Waals surface area contributed by atoms with Crippen molar-refractivity contribution in [2.75, 3.05) is 11.4 Å². The molecule has 4 nitrogen and oxygen atoms in total. The van der Waals surface area contributed by atoms with Crippen LogP contribution in [0.4, 0.5) is 10.1 Å². The highest BCUT2D eigenvalue weighted by Crippen LogP contribution is 2.35. The molecular formula is C26H23ClFN3O. The van der Waals surface area contributed by atoms with Gasteiger partial charge in [0.1, 0.15) is 11.6 Å². The third kappa shape index (κ3) is 3.56. The van der Waals surface area contributed by atoms with Crippen LogP contribution in [0.2, 0.25) is 5.02 Å². The zero-order valence-electron chi connectivity index (χ0n) is 18.0. The number of anilines is 1. The molecule has 1 saturated heterocycles. The Balaban J connectivity index is 1.56. The molecule has 5 rings (SSSR count). The van der Waals surface area contributed by atoms with Gasteiger partial charge in [-0.2, -0.15) is 0 Å². The molecule has 0 radical (unpaired) electrons. The molecule has 1 aliphatic rings. The maximum Gasteiger partial charge on any atom is 0.227 e. The van der Waals surface area contributed by atoms with Gasteiger partial charge in [-0.3, -0.25) is 4.79 Å². The molecule has 1 aliphatic heterocycles. The molecule has 0 aliphatic carbocycles. The number of rotatable bonds is 4. The van der Waals surface area contributed by atoms with E-state index in [9.17, 15) is 9.18 Å². The van der Waals surface area contributed by atoms with Crippen molar-refractivity contribution in [3.05, 3.63) is 94.0 Å². The van der Waals surface area contributed by atoms with Gasteiger partial charge in [-0.05, 0) is 49.7 Å². The number of carbonyl (C=O) groups excluding carboxylic acids is 1. The van der Waals surface area contributed by atoms with Crippen LogP contribution in [-0.2, 0) is 11.3 Å². The number of hydrogen-bond donors (Lipinski definition) is 0. The number of halogens is 2. The van der Waals surface area contributed by atoms with E-state index in [2.05, 4.69) is 6.07 Å². The Kier molecular flexibility index (Phi) is 5.22. The van der Waals surface area contributed by atoms with Crippen molar-refractivity contribution in [1.82, 2.24) is 9.55 Å². The second kappa shape index (κ2) is 8.06. The molecule has 1 amide bonds. The third-order valence-corrected chi connectivity index (χ3v) is 6.55. The van der Waals surface area contributed by atoms with Gasteiger partial charge < -0.3 is 9.47 Å². The fourth-order valence-electron chi connectivity index (χ4n) is 4.64. The fourth-order valence-corrected chi connectivity index (χ4v) is 4.86. The van der Waals surface area contributed by atoms with Crippen LogP contribution in [-0.4, -0.2) is 22.0 Å². The maximum atomic E-state index is 14.6. The molecular weight excluding hydrogens is 425 g/mol.